The Balaban J connectivity index is 1.57. The monoisotopic (exact) mass is 413 g/mol. The van der Waals surface area contributed by atoms with Gasteiger partial charge in [0, 0.05) is 18.8 Å². The summed E-state index contributed by atoms with van der Waals surface area (Å²) in [6, 6.07) is 15.1. The lowest BCUT2D eigenvalue weighted by molar-refractivity contribution is 0.0697. The van der Waals surface area contributed by atoms with E-state index in [1.54, 1.807) is 12.1 Å². The van der Waals surface area contributed by atoms with Gasteiger partial charge in [-0.3, -0.25) is 0 Å². The first-order valence-electron chi connectivity index (χ1n) is 10.9. The molecule has 0 amide bonds. The molecular weight excluding hydrogens is 386 g/mol. The van der Waals surface area contributed by atoms with Gasteiger partial charge in [0.15, 0.2) is 5.82 Å². The van der Waals surface area contributed by atoms with Crippen LogP contribution in [0, 0.1) is 12.3 Å². The second-order valence-electron chi connectivity index (χ2n) is 8.12. The third kappa shape index (κ3) is 4.86. The molecule has 0 aliphatic heterocycles. The summed E-state index contributed by atoms with van der Waals surface area (Å²) in [5, 5.41) is 14.3. The fourth-order valence-corrected chi connectivity index (χ4v) is 4.31. The van der Waals surface area contributed by atoms with E-state index < -0.39 is 5.97 Å². The van der Waals surface area contributed by atoms with Gasteiger partial charge in [0.05, 0.1) is 12.1 Å². The molecule has 1 saturated carbocycles. The lowest BCUT2D eigenvalue weighted by atomic mass is 9.89. The molecule has 5 heteroatoms. The summed E-state index contributed by atoms with van der Waals surface area (Å²) in [6.07, 6.45) is 12.9. The average molecular weight is 414 g/mol. The number of benzene rings is 2. The molecule has 0 saturated heterocycles. The fourth-order valence-electron chi connectivity index (χ4n) is 4.31. The summed E-state index contributed by atoms with van der Waals surface area (Å²) >= 11 is 0. The van der Waals surface area contributed by atoms with Crippen molar-refractivity contribution in [1.29, 1.82) is 0 Å². The van der Waals surface area contributed by atoms with Crippen LogP contribution in [0.15, 0.2) is 48.5 Å². The van der Waals surface area contributed by atoms with Crippen molar-refractivity contribution in [2.45, 2.75) is 57.4 Å². The van der Waals surface area contributed by atoms with Gasteiger partial charge in [-0.25, -0.2) is 14.5 Å². The van der Waals surface area contributed by atoms with Crippen LogP contribution in [0.1, 0.15) is 72.0 Å². The molecule has 0 radical (unpaired) electrons. The molecule has 2 aromatic carbocycles. The molecule has 0 atom stereocenters. The molecule has 0 bridgehead atoms. The maximum absolute atomic E-state index is 11.5. The number of carbonyl (C=O) groups is 1. The molecule has 1 heterocycles. The van der Waals surface area contributed by atoms with Gasteiger partial charge in [-0.15, -0.1) is 12.3 Å². The predicted molar refractivity (Wildman–Crippen MR) is 121 cm³/mol. The van der Waals surface area contributed by atoms with Gasteiger partial charge >= 0.3 is 5.97 Å². The summed E-state index contributed by atoms with van der Waals surface area (Å²) in [5.41, 5.74) is 3.03. The van der Waals surface area contributed by atoms with E-state index in [1.165, 1.54) is 19.3 Å². The number of rotatable bonds is 7. The zero-order chi connectivity index (χ0) is 21.6. The van der Waals surface area contributed by atoms with Gasteiger partial charge in [-0.05, 0) is 35.6 Å². The Morgan fingerprint density at radius 1 is 1.10 bits per heavy atom. The number of carboxylic acids is 1. The van der Waals surface area contributed by atoms with Gasteiger partial charge in [0.1, 0.15) is 5.82 Å². The van der Waals surface area contributed by atoms with Crippen LogP contribution in [-0.4, -0.2) is 25.8 Å². The van der Waals surface area contributed by atoms with Crippen LogP contribution in [0.5, 0.6) is 0 Å². The molecule has 1 aliphatic rings. The Hall–Kier alpha value is -3.39. The average Bonchev–Trinajstić information content (AvgIpc) is 3.21. The Morgan fingerprint density at radius 3 is 2.55 bits per heavy atom. The Kier molecular flexibility index (Phi) is 6.47. The molecule has 1 aromatic heterocycles. The molecule has 1 fully saturated rings. The summed E-state index contributed by atoms with van der Waals surface area (Å²) < 4.78 is 1.97. The minimum Gasteiger partial charge on any atom is -0.478 e. The van der Waals surface area contributed by atoms with E-state index in [1.807, 2.05) is 41.1 Å². The Morgan fingerprint density at radius 2 is 1.84 bits per heavy atom. The predicted octanol–water partition coefficient (Wildman–Crippen LogP) is 5.31. The number of aromatic nitrogens is 3. The van der Waals surface area contributed by atoms with E-state index in [4.69, 9.17) is 16.5 Å². The van der Waals surface area contributed by atoms with Gasteiger partial charge in [0.25, 0.3) is 0 Å². The van der Waals surface area contributed by atoms with Crippen molar-refractivity contribution in [3.63, 3.8) is 0 Å². The molecule has 5 nitrogen and oxygen atoms in total. The standard InChI is InChI=1S/C26H27N3O2/c1-2-3-17-29-24(27-25(28-29)21-9-5-4-6-10-21)18-19-13-15-20(16-14-19)22-11-7-8-12-23(22)26(30)31/h1,7-8,11-16,21H,3-6,9-10,17-18H2,(H,30,31). The molecule has 0 unspecified atom stereocenters. The molecule has 1 aliphatic carbocycles. The first-order valence-corrected chi connectivity index (χ1v) is 10.9. The molecule has 158 valence electrons. The molecule has 3 aromatic rings. The summed E-state index contributed by atoms with van der Waals surface area (Å²) in [4.78, 5) is 16.4. The van der Waals surface area contributed by atoms with Crippen LogP contribution in [0.2, 0.25) is 0 Å². The minimum absolute atomic E-state index is 0.307. The van der Waals surface area contributed by atoms with Crippen LogP contribution in [-0.2, 0) is 13.0 Å². The highest BCUT2D eigenvalue weighted by Crippen LogP contribution is 2.31. The quantitative estimate of drug-likeness (QED) is 0.533. The first kappa shape index (κ1) is 20.9. The summed E-state index contributed by atoms with van der Waals surface area (Å²) in [6.45, 7) is 0.676. The van der Waals surface area contributed by atoms with Gasteiger partial charge in [-0.1, -0.05) is 61.7 Å². The molecule has 0 spiro atoms. The van der Waals surface area contributed by atoms with Crippen LogP contribution in [0.3, 0.4) is 0 Å². The van der Waals surface area contributed by atoms with E-state index in [2.05, 4.69) is 5.92 Å². The first-order chi connectivity index (χ1) is 15.2. The van der Waals surface area contributed by atoms with Gasteiger partial charge in [0.2, 0.25) is 0 Å². The molecule has 4 rings (SSSR count). The van der Waals surface area contributed by atoms with E-state index >= 15 is 0 Å². The van der Waals surface area contributed by atoms with Gasteiger partial charge < -0.3 is 5.11 Å². The fraction of sp³-hybridized carbons (Fsp3) is 0.346. The third-order valence-electron chi connectivity index (χ3n) is 5.99. The zero-order valence-electron chi connectivity index (χ0n) is 17.6. The smallest absolute Gasteiger partial charge is 0.336 e. The van der Waals surface area contributed by atoms with Crippen molar-refractivity contribution in [1.82, 2.24) is 14.8 Å². The lowest BCUT2D eigenvalue weighted by Gasteiger charge is -2.18. The Bertz CT molecular complexity index is 1090. The van der Waals surface area contributed by atoms with Crippen LogP contribution in [0.4, 0.5) is 0 Å². The number of aryl methyl sites for hydroxylation is 1. The van der Waals surface area contributed by atoms with E-state index in [9.17, 15) is 9.90 Å². The number of carboxylic acid groups (broad SMARTS) is 1. The minimum atomic E-state index is -0.920. The lowest BCUT2D eigenvalue weighted by Crippen LogP contribution is -2.08. The molecular formula is C26H27N3O2. The number of terminal acetylenes is 1. The summed E-state index contributed by atoms with van der Waals surface area (Å²) in [5.74, 6) is 4.13. The van der Waals surface area contributed by atoms with E-state index in [0.717, 1.165) is 41.2 Å². The topological polar surface area (TPSA) is 68.0 Å². The number of hydrogen-bond acceptors (Lipinski definition) is 3. The second-order valence-corrected chi connectivity index (χ2v) is 8.12. The largest absolute Gasteiger partial charge is 0.478 e. The van der Waals surface area contributed by atoms with Crippen molar-refractivity contribution in [2.75, 3.05) is 0 Å². The number of nitrogens with zero attached hydrogens (tertiary/aromatic N) is 3. The van der Waals surface area contributed by atoms with Crippen LogP contribution in [0.25, 0.3) is 11.1 Å². The van der Waals surface area contributed by atoms with E-state index in [-0.39, 0.29) is 0 Å². The van der Waals surface area contributed by atoms with Crippen LogP contribution >= 0.6 is 0 Å². The highest BCUT2D eigenvalue weighted by Gasteiger charge is 2.21. The molecule has 31 heavy (non-hydrogen) atoms. The second kappa shape index (κ2) is 9.61. The highest BCUT2D eigenvalue weighted by atomic mass is 16.4. The molecule has 1 N–H and O–H groups in total. The number of hydrogen-bond donors (Lipinski definition) is 1. The third-order valence-corrected chi connectivity index (χ3v) is 5.99. The maximum Gasteiger partial charge on any atom is 0.336 e. The van der Waals surface area contributed by atoms with Crippen molar-refractivity contribution < 1.29 is 9.90 Å². The highest BCUT2D eigenvalue weighted by molar-refractivity contribution is 5.95. The van der Waals surface area contributed by atoms with Crippen molar-refractivity contribution in [3.8, 4) is 23.5 Å². The van der Waals surface area contributed by atoms with Crippen molar-refractivity contribution in [2.24, 2.45) is 0 Å². The van der Waals surface area contributed by atoms with Crippen molar-refractivity contribution >= 4 is 5.97 Å². The number of aromatic carboxylic acids is 1. The van der Waals surface area contributed by atoms with E-state index in [0.29, 0.717) is 30.9 Å². The summed E-state index contributed by atoms with van der Waals surface area (Å²) in [7, 11) is 0. The van der Waals surface area contributed by atoms with Crippen molar-refractivity contribution in [3.05, 3.63) is 71.3 Å². The zero-order valence-corrected chi connectivity index (χ0v) is 17.6. The normalized spacial score (nSPS) is 14.3. The Labute approximate surface area is 183 Å². The SMILES string of the molecule is C#CCCn1nc(C2CCCCC2)nc1Cc1ccc(-c2ccccc2C(=O)O)cc1. The van der Waals surface area contributed by atoms with Crippen LogP contribution < -0.4 is 0 Å². The maximum atomic E-state index is 11.5. The van der Waals surface area contributed by atoms with Gasteiger partial charge in [-0.2, -0.15) is 5.10 Å².